The van der Waals surface area contributed by atoms with Crippen molar-refractivity contribution in [2.24, 2.45) is 0 Å². The fourth-order valence-electron chi connectivity index (χ4n) is 2.32. The Hall–Kier alpha value is -0.500. The Morgan fingerprint density at radius 2 is 2.06 bits per heavy atom. The highest BCUT2D eigenvalue weighted by Crippen LogP contribution is 2.24. The summed E-state index contributed by atoms with van der Waals surface area (Å²) < 4.78 is 0. The SMILES string of the molecule is ClCC(Cl)CCC1CC(c2ccccc2)=CCN1. The molecule has 0 spiro atoms. The van der Waals surface area contributed by atoms with Crippen LogP contribution in [0.25, 0.3) is 5.57 Å². The monoisotopic (exact) mass is 283 g/mol. The topological polar surface area (TPSA) is 12.0 Å². The molecule has 1 aliphatic heterocycles. The Labute approximate surface area is 119 Å². The first kappa shape index (κ1) is 13.9. The van der Waals surface area contributed by atoms with Gasteiger partial charge in [-0.3, -0.25) is 0 Å². The highest BCUT2D eigenvalue weighted by Gasteiger charge is 2.16. The van der Waals surface area contributed by atoms with Crippen LogP contribution in [-0.2, 0) is 0 Å². The number of benzene rings is 1. The summed E-state index contributed by atoms with van der Waals surface area (Å²) in [5.41, 5.74) is 2.78. The number of rotatable bonds is 5. The molecule has 2 unspecified atom stereocenters. The Kier molecular flexibility index (Phi) is 5.55. The normalized spacial score (nSPS) is 21.4. The molecule has 0 radical (unpaired) electrons. The van der Waals surface area contributed by atoms with Gasteiger partial charge in [-0.15, -0.1) is 23.2 Å². The van der Waals surface area contributed by atoms with Crippen molar-refractivity contribution in [1.82, 2.24) is 5.32 Å². The zero-order valence-electron chi connectivity index (χ0n) is 10.4. The fraction of sp³-hybridized carbons (Fsp3) is 0.467. The summed E-state index contributed by atoms with van der Waals surface area (Å²) in [6.07, 6.45) is 5.43. The molecular weight excluding hydrogens is 265 g/mol. The van der Waals surface area contributed by atoms with Crippen molar-refractivity contribution in [3.05, 3.63) is 42.0 Å². The minimum absolute atomic E-state index is 0.0968. The molecule has 1 aromatic rings. The Bertz CT molecular complexity index is 389. The third kappa shape index (κ3) is 4.01. The van der Waals surface area contributed by atoms with E-state index in [2.05, 4.69) is 41.7 Å². The van der Waals surface area contributed by atoms with Crippen LogP contribution in [0.1, 0.15) is 24.8 Å². The van der Waals surface area contributed by atoms with E-state index in [1.165, 1.54) is 11.1 Å². The van der Waals surface area contributed by atoms with Crippen LogP contribution in [0, 0.1) is 0 Å². The minimum Gasteiger partial charge on any atom is -0.310 e. The minimum atomic E-state index is 0.0968. The zero-order chi connectivity index (χ0) is 12.8. The van der Waals surface area contributed by atoms with E-state index in [0.29, 0.717) is 11.9 Å². The van der Waals surface area contributed by atoms with Gasteiger partial charge >= 0.3 is 0 Å². The summed E-state index contributed by atoms with van der Waals surface area (Å²) >= 11 is 11.8. The molecule has 0 aromatic heterocycles. The van der Waals surface area contributed by atoms with Crippen LogP contribution in [0.3, 0.4) is 0 Å². The largest absolute Gasteiger partial charge is 0.310 e. The fourth-order valence-corrected chi connectivity index (χ4v) is 2.60. The molecule has 0 saturated heterocycles. The Morgan fingerprint density at radius 1 is 1.28 bits per heavy atom. The first-order valence-corrected chi connectivity index (χ1v) is 7.44. The number of halogens is 2. The van der Waals surface area contributed by atoms with Crippen molar-refractivity contribution in [3.63, 3.8) is 0 Å². The van der Waals surface area contributed by atoms with E-state index in [4.69, 9.17) is 23.2 Å². The summed E-state index contributed by atoms with van der Waals surface area (Å²) in [5.74, 6) is 0.537. The van der Waals surface area contributed by atoms with Gasteiger partial charge in [0.2, 0.25) is 0 Å². The molecule has 98 valence electrons. The first-order valence-electron chi connectivity index (χ1n) is 6.47. The maximum atomic E-state index is 6.06. The van der Waals surface area contributed by atoms with Crippen molar-refractivity contribution < 1.29 is 0 Å². The van der Waals surface area contributed by atoms with Crippen LogP contribution in [-0.4, -0.2) is 23.8 Å². The summed E-state index contributed by atoms with van der Waals surface area (Å²) in [7, 11) is 0. The first-order chi connectivity index (χ1) is 8.79. The van der Waals surface area contributed by atoms with Gasteiger partial charge < -0.3 is 5.32 Å². The second-order valence-corrected chi connectivity index (χ2v) is 5.66. The third-order valence-corrected chi connectivity index (χ3v) is 4.26. The molecule has 3 heteroatoms. The van der Waals surface area contributed by atoms with Crippen LogP contribution in [0.4, 0.5) is 0 Å². The predicted molar refractivity (Wildman–Crippen MR) is 80.4 cm³/mol. The standard InChI is InChI=1S/C15H19Cl2N/c16-11-14(17)6-7-15-10-13(8-9-18-15)12-4-2-1-3-5-12/h1-5,8,14-15,18H,6-7,9-11H2. The lowest BCUT2D eigenvalue weighted by atomic mass is 9.93. The number of nitrogens with one attached hydrogen (secondary N) is 1. The average Bonchev–Trinajstić information content (AvgIpc) is 2.46. The lowest BCUT2D eigenvalue weighted by molar-refractivity contribution is 0.484. The lowest BCUT2D eigenvalue weighted by Gasteiger charge is -2.25. The van der Waals surface area contributed by atoms with Gasteiger partial charge in [0.25, 0.3) is 0 Å². The van der Waals surface area contributed by atoms with Gasteiger partial charge in [0, 0.05) is 23.8 Å². The van der Waals surface area contributed by atoms with Gasteiger partial charge in [0.15, 0.2) is 0 Å². The summed E-state index contributed by atoms with van der Waals surface area (Å²) in [6.45, 7) is 0.947. The Morgan fingerprint density at radius 3 is 2.78 bits per heavy atom. The van der Waals surface area contributed by atoms with Gasteiger partial charge in [0.1, 0.15) is 0 Å². The van der Waals surface area contributed by atoms with E-state index in [-0.39, 0.29) is 5.38 Å². The molecule has 1 N–H and O–H groups in total. The zero-order valence-corrected chi connectivity index (χ0v) is 11.9. The van der Waals surface area contributed by atoms with Crippen LogP contribution in [0.5, 0.6) is 0 Å². The molecule has 1 heterocycles. The highest BCUT2D eigenvalue weighted by atomic mass is 35.5. The van der Waals surface area contributed by atoms with E-state index < -0.39 is 0 Å². The van der Waals surface area contributed by atoms with Crippen LogP contribution >= 0.6 is 23.2 Å². The molecule has 0 bridgehead atoms. The van der Waals surface area contributed by atoms with Gasteiger partial charge in [0.05, 0.1) is 0 Å². The summed E-state index contributed by atoms with van der Waals surface area (Å²) in [6, 6.07) is 11.1. The second-order valence-electron chi connectivity index (χ2n) is 4.73. The molecule has 0 aliphatic carbocycles. The molecule has 0 saturated carbocycles. The van der Waals surface area contributed by atoms with Crippen molar-refractivity contribution >= 4 is 28.8 Å². The van der Waals surface area contributed by atoms with E-state index in [9.17, 15) is 0 Å². The van der Waals surface area contributed by atoms with Gasteiger partial charge in [-0.1, -0.05) is 36.4 Å². The van der Waals surface area contributed by atoms with Crippen molar-refractivity contribution in [1.29, 1.82) is 0 Å². The molecule has 1 aromatic carbocycles. The third-order valence-electron chi connectivity index (χ3n) is 3.36. The van der Waals surface area contributed by atoms with Gasteiger partial charge in [-0.25, -0.2) is 0 Å². The predicted octanol–water partition coefficient (Wildman–Crippen LogP) is 4.06. The molecule has 18 heavy (non-hydrogen) atoms. The molecule has 2 rings (SSSR count). The maximum absolute atomic E-state index is 6.06. The molecule has 2 atom stereocenters. The van der Waals surface area contributed by atoms with E-state index in [1.54, 1.807) is 0 Å². The lowest BCUT2D eigenvalue weighted by Crippen LogP contribution is -2.33. The number of alkyl halides is 2. The molecule has 0 amide bonds. The van der Waals surface area contributed by atoms with Crippen LogP contribution < -0.4 is 5.32 Å². The molecule has 1 aliphatic rings. The van der Waals surface area contributed by atoms with Gasteiger partial charge in [-0.05, 0) is 30.4 Å². The van der Waals surface area contributed by atoms with Gasteiger partial charge in [-0.2, -0.15) is 0 Å². The van der Waals surface area contributed by atoms with Crippen LogP contribution in [0.2, 0.25) is 0 Å². The number of hydrogen-bond acceptors (Lipinski definition) is 1. The van der Waals surface area contributed by atoms with E-state index in [1.807, 2.05) is 0 Å². The Balaban J connectivity index is 1.90. The van der Waals surface area contributed by atoms with E-state index >= 15 is 0 Å². The quantitative estimate of drug-likeness (QED) is 0.804. The van der Waals surface area contributed by atoms with Crippen molar-refractivity contribution in [2.45, 2.75) is 30.7 Å². The average molecular weight is 284 g/mol. The van der Waals surface area contributed by atoms with E-state index in [0.717, 1.165) is 25.8 Å². The molecule has 0 fully saturated rings. The summed E-state index contributed by atoms with van der Waals surface area (Å²) in [4.78, 5) is 0. The second kappa shape index (κ2) is 7.18. The van der Waals surface area contributed by atoms with Crippen molar-refractivity contribution in [2.75, 3.05) is 12.4 Å². The van der Waals surface area contributed by atoms with Crippen LogP contribution in [0.15, 0.2) is 36.4 Å². The number of hydrogen-bond donors (Lipinski definition) is 1. The molecule has 1 nitrogen and oxygen atoms in total. The molecular formula is C15H19Cl2N. The summed E-state index contributed by atoms with van der Waals surface area (Å²) in [5, 5.41) is 3.62. The highest BCUT2D eigenvalue weighted by molar-refractivity contribution is 6.28. The smallest absolute Gasteiger partial charge is 0.0472 e. The maximum Gasteiger partial charge on any atom is 0.0472 e. The van der Waals surface area contributed by atoms with Crippen molar-refractivity contribution in [3.8, 4) is 0 Å².